The van der Waals surface area contributed by atoms with Crippen molar-refractivity contribution < 1.29 is 9.84 Å². The highest BCUT2D eigenvalue weighted by Gasteiger charge is 2.20. The van der Waals surface area contributed by atoms with Gasteiger partial charge in [-0.1, -0.05) is 0 Å². The third kappa shape index (κ3) is 4.04. The van der Waals surface area contributed by atoms with Crippen molar-refractivity contribution in [2.24, 2.45) is 0 Å². The molecule has 1 unspecified atom stereocenters. The molecular weight excluding hydrogens is 224 g/mol. The summed E-state index contributed by atoms with van der Waals surface area (Å²) < 4.78 is 4.89. The Hall–Kier alpha value is -1.60. The van der Waals surface area contributed by atoms with Crippen molar-refractivity contribution in [1.29, 1.82) is 0 Å². The van der Waals surface area contributed by atoms with Crippen LogP contribution in [0.5, 0.6) is 0 Å². The van der Waals surface area contributed by atoms with Gasteiger partial charge in [-0.3, -0.25) is 4.79 Å². The van der Waals surface area contributed by atoms with Gasteiger partial charge in [0.1, 0.15) is 5.69 Å². The van der Waals surface area contributed by atoms with E-state index in [4.69, 9.17) is 10.5 Å². The van der Waals surface area contributed by atoms with Gasteiger partial charge in [-0.05, 0) is 6.92 Å². The van der Waals surface area contributed by atoms with Crippen LogP contribution in [0.3, 0.4) is 0 Å². The van der Waals surface area contributed by atoms with E-state index < -0.39 is 11.2 Å². The summed E-state index contributed by atoms with van der Waals surface area (Å²) >= 11 is 0. The van der Waals surface area contributed by atoms with Crippen LogP contribution >= 0.6 is 0 Å². The molecule has 0 amide bonds. The number of aromatic nitrogens is 2. The van der Waals surface area contributed by atoms with E-state index in [1.54, 1.807) is 14.0 Å². The summed E-state index contributed by atoms with van der Waals surface area (Å²) in [6, 6.07) is 0. The molecule has 1 atom stereocenters. The molecule has 1 rings (SSSR count). The minimum Gasteiger partial charge on any atom is -0.391 e. The maximum atomic E-state index is 11.2. The molecule has 0 aliphatic rings. The Morgan fingerprint density at radius 3 is 3.06 bits per heavy atom. The fourth-order valence-electron chi connectivity index (χ4n) is 1.24. The zero-order chi connectivity index (χ0) is 12.9. The normalized spacial score (nSPS) is 14.3. The number of aromatic amines is 1. The van der Waals surface area contributed by atoms with E-state index in [0.29, 0.717) is 13.0 Å². The highest BCUT2D eigenvalue weighted by atomic mass is 16.5. The van der Waals surface area contributed by atoms with Crippen molar-refractivity contribution in [3.05, 3.63) is 16.7 Å². The second-order valence-corrected chi connectivity index (χ2v) is 4.09. The topological polar surface area (TPSA) is 113 Å². The molecule has 96 valence electrons. The molecule has 0 fully saturated rings. The number of nitrogen functional groups attached to an aromatic ring is 1. The van der Waals surface area contributed by atoms with Crippen LogP contribution in [0.25, 0.3) is 0 Å². The first-order valence-corrected chi connectivity index (χ1v) is 5.24. The maximum absolute atomic E-state index is 11.2. The number of hydrogen-bond acceptors (Lipinski definition) is 6. The minimum atomic E-state index is -0.952. The second kappa shape index (κ2) is 5.65. The average Bonchev–Trinajstić information content (AvgIpc) is 2.29. The lowest BCUT2D eigenvalue weighted by Crippen LogP contribution is -2.35. The van der Waals surface area contributed by atoms with Crippen LogP contribution in [0.2, 0.25) is 0 Å². The SMILES string of the molecule is COCCC(C)(O)CNc1nc[nH]c(=O)c1N. The zero-order valence-corrected chi connectivity index (χ0v) is 9.99. The fourth-order valence-corrected chi connectivity index (χ4v) is 1.24. The summed E-state index contributed by atoms with van der Waals surface area (Å²) in [4.78, 5) is 17.4. The molecule has 7 heteroatoms. The highest BCUT2D eigenvalue weighted by molar-refractivity contribution is 5.58. The van der Waals surface area contributed by atoms with E-state index in [2.05, 4.69) is 15.3 Å². The van der Waals surface area contributed by atoms with E-state index in [0.717, 1.165) is 0 Å². The van der Waals surface area contributed by atoms with Crippen LogP contribution < -0.4 is 16.6 Å². The lowest BCUT2D eigenvalue weighted by molar-refractivity contribution is 0.0357. The van der Waals surface area contributed by atoms with Gasteiger partial charge in [0.2, 0.25) is 0 Å². The number of rotatable bonds is 6. The number of aliphatic hydroxyl groups is 1. The molecule has 1 aromatic heterocycles. The molecule has 0 bridgehead atoms. The van der Waals surface area contributed by atoms with Crippen molar-refractivity contribution in [2.45, 2.75) is 18.9 Å². The second-order valence-electron chi connectivity index (χ2n) is 4.09. The minimum absolute atomic E-state index is 0.00930. The molecule has 0 aliphatic carbocycles. The summed E-state index contributed by atoms with van der Waals surface area (Å²) in [5.41, 5.74) is 4.19. The maximum Gasteiger partial charge on any atom is 0.276 e. The molecule has 1 aromatic rings. The van der Waals surface area contributed by atoms with E-state index >= 15 is 0 Å². The predicted octanol–water partition coefficient (Wildman–Crippen LogP) is -0.448. The fraction of sp³-hybridized carbons (Fsp3) is 0.600. The van der Waals surface area contributed by atoms with E-state index in [1.165, 1.54) is 6.33 Å². The van der Waals surface area contributed by atoms with Crippen molar-refractivity contribution in [3.8, 4) is 0 Å². The molecule has 7 nitrogen and oxygen atoms in total. The number of hydrogen-bond donors (Lipinski definition) is 4. The number of H-pyrrole nitrogens is 1. The van der Waals surface area contributed by atoms with Gasteiger partial charge < -0.3 is 25.9 Å². The summed E-state index contributed by atoms with van der Waals surface area (Å²) in [5, 5.41) is 12.8. The largest absolute Gasteiger partial charge is 0.391 e. The van der Waals surface area contributed by atoms with Crippen molar-refractivity contribution in [2.75, 3.05) is 31.3 Å². The molecule has 1 heterocycles. The molecule has 0 saturated heterocycles. The molecule has 5 N–H and O–H groups in total. The highest BCUT2D eigenvalue weighted by Crippen LogP contribution is 2.13. The first-order chi connectivity index (χ1) is 7.96. The van der Waals surface area contributed by atoms with Gasteiger partial charge in [0.25, 0.3) is 5.56 Å². The summed E-state index contributed by atoms with van der Waals surface area (Å²) in [5.74, 6) is 0.270. The first-order valence-electron chi connectivity index (χ1n) is 5.24. The van der Waals surface area contributed by atoms with Gasteiger partial charge in [-0.15, -0.1) is 0 Å². The van der Waals surface area contributed by atoms with Crippen molar-refractivity contribution >= 4 is 11.5 Å². The number of nitrogens with one attached hydrogen (secondary N) is 2. The first kappa shape index (κ1) is 13.5. The molecule has 0 radical (unpaired) electrons. The van der Waals surface area contributed by atoms with Crippen LogP contribution in [0.1, 0.15) is 13.3 Å². The zero-order valence-electron chi connectivity index (χ0n) is 9.99. The third-order valence-electron chi connectivity index (χ3n) is 2.37. The Bertz CT molecular complexity index is 416. The van der Waals surface area contributed by atoms with Crippen LogP contribution in [-0.4, -0.2) is 40.9 Å². The smallest absolute Gasteiger partial charge is 0.276 e. The number of nitrogens with zero attached hydrogens (tertiary/aromatic N) is 1. The monoisotopic (exact) mass is 242 g/mol. The van der Waals surface area contributed by atoms with E-state index in [9.17, 15) is 9.90 Å². The summed E-state index contributed by atoms with van der Waals surface area (Å²) in [7, 11) is 1.57. The van der Waals surface area contributed by atoms with Gasteiger partial charge in [0.05, 0.1) is 11.9 Å². The standard InChI is InChI=1S/C10H18N4O3/c1-10(16,3-4-17-2)5-12-8-7(11)9(15)14-6-13-8/h6,16H,3-5,11H2,1-2H3,(H2,12,13,14,15). The molecule has 0 aliphatic heterocycles. The van der Waals surface area contributed by atoms with E-state index in [1.807, 2.05) is 0 Å². The Kier molecular flexibility index (Phi) is 4.47. The molecule has 17 heavy (non-hydrogen) atoms. The van der Waals surface area contributed by atoms with Gasteiger partial charge in [-0.25, -0.2) is 4.98 Å². The van der Waals surface area contributed by atoms with E-state index in [-0.39, 0.29) is 18.1 Å². The number of ether oxygens (including phenoxy) is 1. The van der Waals surface area contributed by atoms with Gasteiger partial charge in [-0.2, -0.15) is 0 Å². The van der Waals surface area contributed by atoms with Crippen LogP contribution in [0.15, 0.2) is 11.1 Å². The number of anilines is 2. The van der Waals surface area contributed by atoms with Crippen molar-refractivity contribution in [1.82, 2.24) is 9.97 Å². The van der Waals surface area contributed by atoms with Gasteiger partial charge >= 0.3 is 0 Å². The number of methoxy groups -OCH3 is 1. The van der Waals surface area contributed by atoms with Crippen LogP contribution in [0, 0.1) is 0 Å². The third-order valence-corrected chi connectivity index (χ3v) is 2.37. The average molecular weight is 242 g/mol. The summed E-state index contributed by atoms with van der Waals surface area (Å²) in [6.45, 7) is 2.35. The Labute approximate surface area is 99.0 Å². The molecular formula is C10H18N4O3. The van der Waals surface area contributed by atoms with Gasteiger partial charge in [0.15, 0.2) is 5.82 Å². The summed E-state index contributed by atoms with van der Waals surface area (Å²) in [6.07, 6.45) is 1.73. The lowest BCUT2D eigenvalue weighted by Gasteiger charge is -2.23. The van der Waals surface area contributed by atoms with Crippen LogP contribution in [-0.2, 0) is 4.74 Å². The molecule has 0 aromatic carbocycles. The Balaban J connectivity index is 2.61. The van der Waals surface area contributed by atoms with Gasteiger partial charge in [0, 0.05) is 26.7 Å². The predicted molar refractivity (Wildman–Crippen MR) is 64.9 cm³/mol. The molecule has 0 saturated carbocycles. The number of nitrogens with two attached hydrogens (primary N) is 1. The Morgan fingerprint density at radius 1 is 1.71 bits per heavy atom. The molecule has 0 spiro atoms. The Morgan fingerprint density at radius 2 is 2.41 bits per heavy atom. The lowest BCUT2D eigenvalue weighted by atomic mass is 10.0. The van der Waals surface area contributed by atoms with Crippen molar-refractivity contribution in [3.63, 3.8) is 0 Å². The quantitative estimate of drug-likeness (QED) is 0.537. The van der Waals surface area contributed by atoms with Crippen LogP contribution in [0.4, 0.5) is 11.5 Å².